The molecule has 3 heterocycles. The number of aromatic nitrogens is 1. The number of halogens is 1. The molecule has 5 nitrogen and oxygen atoms in total. The van der Waals surface area contributed by atoms with Crippen molar-refractivity contribution in [3.63, 3.8) is 0 Å². The highest BCUT2D eigenvalue weighted by atomic mass is 79.9. The van der Waals surface area contributed by atoms with Crippen LogP contribution < -0.4 is 5.32 Å². The van der Waals surface area contributed by atoms with Gasteiger partial charge in [-0.3, -0.25) is 14.9 Å². The highest BCUT2D eigenvalue weighted by Crippen LogP contribution is 2.32. The Kier molecular flexibility index (Phi) is 2.66. The molecule has 0 bridgehead atoms. The van der Waals surface area contributed by atoms with Crippen LogP contribution in [0.2, 0.25) is 0 Å². The van der Waals surface area contributed by atoms with Gasteiger partial charge in [0.1, 0.15) is 0 Å². The van der Waals surface area contributed by atoms with Crippen molar-refractivity contribution in [2.24, 2.45) is 0 Å². The molecular weight excluding hydrogens is 300 g/mol. The Hall–Kier alpha value is -1.69. The van der Waals surface area contributed by atoms with Gasteiger partial charge in [0.2, 0.25) is 17.5 Å². The van der Waals surface area contributed by atoms with Gasteiger partial charge < -0.3 is 4.42 Å². The standard InChI is InChI=1S/C12H9BrN2O3/c13-6-3-8-9(5-18-12(8)14-4-6)7-1-2-10(16)15-11(7)17/h3-5,7H,1-2H2,(H,15,16,17). The fraction of sp³-hybridized carbons (Fsp3) is 0.250. The van der Waals surface area contributed by atoms with E-state index in [0.717, 1.165) is 15.4 Å². The number of fused-ring (bicyclic) bond motifs is 1. The molecule has 1 fully saturated rings. The number of rotatable bonds is 1. The van der Waals surface area contributed by atoms with Crippen molar-refractivity contribution in [1.29, 1.82) is 0 Å². The van der Waals surface area contributed by atoms with Gasteiger partial charge in [-0.1, -0.05) is 0 Å². The van der Waals surface area contributed by atoms with E-state index in [1.807, 2.05) is 6.07 Å². The maximum Gasteiger partial charge on any atom is 0.234 e. The summed E-state index contributed by atoms with van der Waals surface area (Å²) in [4.78, 5) is 27.1. The van der Waals surface area contributed by atoms with Crippen LogP contribution in [0.25, 0.3) is 11.1 Å². The first-order valence-electron chi connectivity index (χ1n) is 5.51. The number of amides is 2. The van der Waals surface area contributed by atoms with Crippen molar-refractivity contribution >= 4 is 38.8 Å². The van der Waals surface area contributed by atoms with E-state index in [1.54, 1.807) is 12.5 Å². The van der Waals surface area contributed by atoms with Gasteiger partial charge >= 0.3 is 0 Å². The van der Waals surface area contributed by atoms with E-state index in [0.29, 0.717) is 18.6 Å². The molecule has 2 aromatic heterocycles. The van der Waals surface area contributed by atoms with Crippen molar-refractivity contribution in [2.75, 3.05) is 0 Å². The minimum atomic E-state index is -0.347. The smallest absolute Gasteiger partial charge is 0.234 e. The molecule has 6 heteroatoms. The Bertz CT molecular complexity index is 650. The van der Waals surface area contributed by atoms with E-state index in [4.69, 9.17) is 4.42 Å². The first-order chi connectivity index (χ1) is 8.65. The molecule has 3 rings (SSSR count). The zero-order valence-electron chi connectivity index (χ0n) is 9.27. The number of hydrogen-bond acceptors (Lipinski definition) is 4. The lowest BCUT2D eigenvalue weighted by atomic mass is 9.91. The SMILES string of the molecule is O=C1CCC(c2coc3ncc(Br)cc23)C(=O)N1. The van der Waals surface area contributed by atoms with Crippen molar-refractivity contribution in [2.45, 2.75) is 18.8 Å². The maximum atomic E-state index is 11.8. The minimum Gasteiger partial charge on any atom is -0.446 e. The van der Waals surface area contributed by atoms with Crippen LogP contribution in [0.1, 0.15) is 24.3 Å². The molecule has 0 spiro atoms. The van der Waals surface area contributed by atoms with Crippen molar-refractivity contribution in [3.05, 3.63) is 28.6 Å². The summed E-state index contributed by atoms with van der Waals surface area (Å²) in [5, 5.41) is 3.15. The molecule has 1 aliphatic heterocycles. The third kappa shape index (κ3) is 1.82. The monoisotopic (exact) mass is 308 g/mol. The van der Waals surface area contributed by atoms with Crippen LogP contribution in [0.3, 0.4) is 0 Å². The molecule has 2 amide bonds. The van der Waals surface area contributed by atoms with E-state index < -0.39 is 0 Å². The van der Waals surface area contributed by atoms with Crippen LogP contribution in [0.4, 0.5) is 0 Å². The molecule has 0 aromatic carbocycles. The average Bonchev–Trinajstić information content (AvgIpc) is 2.72. The molecule has 0 aliphatic carbocycles. The number of imide groups is 1. The van der Waals surface area contributed by atoms with Gasteiger partial charge in [-0.2, -0.15) is 0 Å². The van der Waals surface area contributed by atoms with Gasteiger partial charge in [0.05, 0.1) is 12.2 Å². The minimum absolute atomic E-state index is 0.219. The summed E-state index contributed by atoms with van der Waals surface area (Å²) in [7, 11) is 0. The van der Waals surface area contributed by atoms with Gasteiger partial charge in [-0.15, -0.1) is 0 Å². The molecule has 1 N–H and O–H groups in total. The number of nitrogens with zero attached hydrogens (tertiary/aromatic N) is 1. The van der Waals surface area contributed by atoms with Crippen LogP contribution in [-0.4, -0.2) is 16.8 Å². The molecule has 1 atom stereocenters. The van der Waals surface area contributed by atoms with E-state index >= 15 is 0 Å². The number of nitrogens with one attached hydrogen (secondary N) is 1. The summed E-state index contributed by atoms with van der Waals surface area (Å²) in [6.45, 7) is 0. The molecule has 18 heavy (non-hydrogen) atoms. The molecule has 0 radical (unpaired) electrons. The van der Waals surface area contributed by atoms with E-state index in [2.05, 4.69) is 26.2 Å². The number of carbonyl (C=O) groups is 2. The Morgan fingerprint density at radius 3 is 3.06 bits per heavy atom. The Morgan fingerprint density at radius 1 is 1.44 bits per heavy atom. The zero-order chi connectivity index (χ0) is 12.7. The molecule has 1 aliphatic rings. The van der Waals surface area contributed by atoms with E-state index in [-0.39, 0.29) is 17.7 Å². The third-order valence-corrected chi connectivity index (χ3v) is 3.47. The summed E-state index contributed by atoms with van der Waals surface area (Å²) < 4.78 is 6.16. The molecule has 1 saturated heterocycles. The van der Waals surface area contributed by atoms with Gasteiger partial charge in [-0.25, -0.2) is 4.98 Å². The quantitative estimate of drug-likeness (QED) is 0.819. The lowest BCUT2D eigenvalue weighted by Crippen LogP contribution is -2.39. The summed E-state index contributed by atoms with van der Waals surface area (Å²) >= 11 is 3.34. The fourth-order valence-electron chi connectivity index (χ4n) is 2.17. The van der Waals surface area contributed by atoms with Gasteiger partial charge in [0.25, 0.3) is 0 Å². The van der Waals surface area contributed by atoms with Crippen molar-refractivity contribution in [3.8, 4) is 0 Å². The number of carbonyl (C=O) groups excluding carboxylic acids is 2. The van der Waals surface area contributed by atoms with Gasteiger partial charge in [-0.05, 0) is 28.4 Å². The second kappa shape index (κ2) is 4.20. The predicted octanol–water partition coefficient (Wildman–Crippen LogP) is 2.11. The number of hydrogen-bond donors (Lipinski definition) is 1. The third-order valence-electron chi connectivity index (χ3n) is 3.04. The van der Waals surface area contributed by atoms with Crippen molar-refractivity contribution < 1.29 is 14.0 Å². The number of piperidine rings is 1. The Balaban J connectivity index is 2.06. The van der Waals surface area contributed by atoms with Crippen LogP contribution in [0.15, 0.2) is 27.4 Å². The van der Waals surface area contributed by atoms with Crippen LogP contribution in [0, 0.1) is 0 Å². The normalized spacial score (nSPS) is 20.2. The second-order valence-electron chi connectivity index (χ2n) is 4.20. The number of furan rings is 1. The lowest BCUT2D eigenvalue weighted by molar-refractivity contribution is -0.134. The zero-order valence-corrected chi connectivity index (χ0v) is 10.9. The topological polar surface area (TPSA) is 72.2 Å². The van der Waals surface area contributed by atoms with Crippen LogP contribution in [-0.2, 0) is 9.59 Å². The Labute approximate surface area is 111 Å². The van der Waals surface area contributed by atoms with Gasteiger partial charge in [0, 0.05) is 28.0 Å². The summed E-state index contributed by atoms with van der Waals surface area (Å²) in [6, 6.07) is 1.87. The summed E-state index contributed by atoms with van der Waals surface area (Å²) in [5.41, 5.74) is 1.28. The first kappa shape index (κ1) is 11.4. The average molecular weight is 309 g/mol. The highest BCUT2D eigenvalue weighted by Gasteiger charge is 2.30. The Morgan fingerprint density at radius 2 is 2.28 bits per heavy atom. The van der Waals surface area contributed by atoms with Crippen LogP contribution >= 0.6 is 15.9 Å². The molecular formula is C12H9BrN2O3. The maximum absolute atomic E-state index is 11.8. The lowest BCUT2D eigenvalue weighted by Gasteiger charge is -2.19. The molecule has 92 valence electrons. The summed E-state index contributed by atoms with van der Waals surface area (Å²) in [6.07, 6.45) is 4.04. The number of pyridine rings is 1. The first-order valence-corrected chi connectivity index (χ1v) is 6.31. The summed E-state index contributed by atoms with van der Waals surface area (Å²) in [5.74, 6) is -0.836. The largest absolute Gasteiger partial charge is 0.446 e. The van der Waals surface area contributed by atoms with E-state index in [1.165, 1.54) is 0 Å². The molecule has 2 aromatic rings. The molecule has 1 unspecified atom stereocenters. The van der Waals surface area contributed by atoms with Gasteiger partial charge in [0.15, 0.2) is 0 Å². The fourth-order valence-corrected chi connectivity index (χ4v) is 2.50. The van der Waals surface area contributed by atoms with Crippen LogP contribution in [0.5, 0.6) is 0 Å². The van der Waals surface area contributed by atoms with E-state index in [9.17, 15) is 9.59 Å². The second-order valence-corrected chi connectivity index (χ2v) is 5.12. The van der Waals surface area contributed by atoms with Crippen molar-refractivity contribution in [1.82, 2.24) is 10.3 Å². The highest BCUT2D eigenvalue weighted by molar-refractivity contribution is 9.10. The predicted molar refractivity (Wildman–Crippen MR) is 66.8 cm³/mol. The molecule has 0 saturated carbocycles.